The van der Waals surface area contributed by atoms with Crippen LogP contribution in [0, 0.1) is 5.92 Å². The molecule has 1 aliphatic carbocycles. The highest BCUT2D eigenvalue weighted by molar-refractivity contribution is 7.86. The summed E-state index contributed by atoms with van der Waals surface area (Å²) in [5.74, 6) is 0.379. The Hall–Kier alpha value is -1.73. The number of nitrogens with one attached hydrogen (secondary N) is 1. The lowest BCUT2D eigenvalue weighted by atomic mass is 9.73. The number of amides is 1. The molecule has 2 unspecified atom stereocenters. The number of rotatable bonds is 4. The minimum atomic E-state index is -3.81. The summed E-state index contributed by atoms with van der Waals surface area (Å²) in [4.78, 5) is 12.9. The smallest absolute Gasteiger partial charge is 0.306 e. The zero-order valence-electron chi connectivity index (χ0n) is 15.0. The van der Waals surface area contributed by atoms with Crippen molar-refractivity contribution in [2.45, 2.75) is 38.1 Å². The van der Waals surface area contributed by atoms with Gasteiger partial charge in [0.1, 0.15) is 11.3 Å². The zero-order chi connectivity index (χ0) is 19.1. The molecule has 6 nitrogen and oxygen atoms in total. The molecule has 2 atom stereocenters. The van der Waals surface area contributed by atoms with Gasteiger partial charge in [0.15, 0.2) is 5.76 Å². The maximum absolute atomic E-state index is 12.9. The van der Waals surface area contributed by atoms with Gasteiger partial charge in [0.25, 0.3) is 5.91 Å². The van der Waals surface area contributed by atoms with Crippen LogP contribution in [0.15, 0.2) is 24.0 Å². The van der Waals surface area contributed by atoms with Crippen LogP contribution in [0.4, 0.5) is 0 Å². The number of methoxy groups -OCH3 is 1. The normalized spacial score (nSPS) is 26.2. The quantitative estimate of drug-likeness (QED) is 0.786. The lowest BCUT2D eigenvalue weighted by Crippen LogP contribution is -2.52. The third-order valence-corrected chi connectivity index (χ3v) is 5.96. The fraction of sp³-hybridized carbons (Fsp3) is 0.500. The van der Waals surface area contributed by atoms with E-state index in [2.05, 4.69) is 5.32 Å². The molecule has 26 heavy (non-hydrogen) atoms. The Bertz CT molecular complexity index is 880. The molecule has 1 amide bonds. The highest BCUT2D eigenvalue weighted by Gasteiger charge is 2.52. The van der Waals surface area contributed by atoms with E-state index in [1.165, 1.54) is 7.11 Å². The van der Waals surface area contributed by atoms with Crippen LogP contribution in [0.25, 0.3) is 5.57 Å². The van der Waals surface area contributed by atoms with Crippen LogP contribution in [0.1, 0.15) is 38.2 Å². The summed E-state index contributed by atoms with van der Waals surface area (Å²) in [6, 6.07) is 4.91. The average Bonchev–Trinajstić information content (AvgIpc) is 2.81. The average molecular weight is 400 g/mol. The van der Waals surface area contributed by atoms with Crippen LogP contribution >= 0.6 is 11.6 Å². The standard InChI is InChI=1S/C18H22ClNO5S/c1-11-6-4-5-9-18(11)16(25-26(3,22)23)15(17(21)20-18)13-8-7-12(24-2)10-14(13)19/h7-8,10-11H,4-6,9H2,1-3H3,(H,20,21). The first kappa shape index (κ1) is 19.0. The number of carbonyl (C=O) groups excluding carboxylic acids is 1. The van der Waals surface area contributed by atoms with Gasteiger partial charge < -0.3 is 14.2 Å². The van der Waals surface area contributed by atoms with Gasteiger partial charge in [-0.15, -0.1) is 0 Å². The van der Waals surface area contributed by atoms with E-state index in [1.807, 2.05) is 6.92 Å². The van der Waals surface area contributed by atoms with E-state index in [4.69, 9.17) is 20.5 Å². The molecule has 142 valence electrons. The number of hydrogen-bond donors (Lipinski definition) is 1. The maximum atomic E-state index is 12.9. The van der Waals surface area contributed by atoms with E-state index >= 15 is 0 Å². The second-order valence-corrected chi connectivity index (χ2v) is 8.89. The predicted octanol–water partition coefficient (Wildman–Crippen LogP) is 3.11. The minimum Gasteiger partial charge on any atom is -0.497 e. The van der Waals surface area contributed by atoms with E-state index < -0.39 is 15.7 Å². The highest BCUT2D eigenvalue weighted by atomic mass is 35.5. The molecule has 1 N–H and O–H groups in total. The second-order valence-electron chi connectivity index (χ2n) is 6.91. The third kappa shape index (κ3) is 3.30. The summed E-state index contributed by atoms with van der Waals surface area (Å²) < 4.78 is 34.4. The molecular weight excluding hydrogens is 378 g/mol. The Morgan fingerprint density at radius 1 is 1.31 bits per heavy atom. The molecule has 8 heteroatoms. The lowest BCUT2D eigenvalue weighted by Gasteiger charge is -2.40. The van der Waals surface area contributed by atoms with Crippen molar-refractivity contribution in [1.82, 2.24) is 5.32 Å². The summed E-state index contributed by atoms with van der Waals surface area (Å²) in [5.41, 5.74) is -0.216. The van der Waals surface area contributed by atoms with Gasteiger partial charge in [0.05, 0.1) is 24.0 Å². The van der Waals surface area contributed by atoms with Gasteiger partial charge in [0.2, 0.25) is 0 Å². The van der Waals surface area contributed by atoms with Crippen molar-refractivity contribution in [2.24, 2.45) is 5.92 Å². The second kappa shape index (κ2) is 6.78. The number of hydrogen-bond acceptors (Lipinski definition) is 5. The topological polar surface area (TPSA) is 81.7 Å². The zero-order valence-corrected chi connectivity index (χ0v) is 16.5. The molecule has 2 aliphatic rings. The summed E-state index contributed by atoms with van der Waals surface area (Å²) in [6.45, 7) is 2.00. The van der Waals surface area contributed by atoms with Crippen LogP contribution in [-0.4, -0.2) is 33.2 Å². The van der Waals surface area contributed by atoms with Gasteiger partial charge in [-0.3, -0.25) is 4.79 Å². The van der Waals surface area contributed by atoms with Crippen LogP contribution in [0.2, 0.25) is 5.02 Å². The van der Waals surface area contributed by atoms with Gasteiger partial charge in [0, 0.05) is 5.56 Å². The Morgan fingerprint density at radius 3 is 2.62 bits per heavy atom. The van der Waals surface area contributed by atoms with Crippen LogP contribution in [-0.2, 0) is 19.1 Å². The number of ether oxygens (including phenoxy) is 1. The van der Waals surface area contributed by atoms with E-state index in [9.17, 15) is 13.2 Å². The molecule has 0 radical (unpaired) electrons. The highest BCUT2D eigenvalue weighted by Crippen LogP contribution is 2.47. The number of benzene rings is 1. The maximum Gasteiger partial charge on any atom is 0.306 e. The summed E-state index contributed by atoms with van der Waals surface area (Å²) in [5, 5.41) is 3.30. The Labute approximate surface area is 158 Å². The van der Waals surface area contributed by atoms with E-state index in [-0.39, 0.29) is 23.2 Å². The van der Waals surface area contributed by atoms with Gasteiger partial charge in [-0.25, -0.2) is 0 Å². The van der Waals surface area contributed by atoms with Crippen molar-refractivity contribution in [3.8, 4) is 5.75 Å². The fourth-order valence-corrected chi connectivity index (χ4v) is 4.66. The molecule has 3 rings (SSSR count). The van der Waals surface area contributed by atoms with Gasteiger partial charge in [-0.1, -0.05) is 31.4 Å². The van der Waals surface area contributed by atoms with E-state index in [0.717, 1.165) is 25.5 Å². The van der Waals surface area contributed by atoms with Crippen molar-refractivity contribution in [3.63, 3.8) is 0 Å². The molecule has 1 fully saturated rings. The molecule has 0 bridgehead atoms. The molecule has 1 spiro atoms. The summed E-state index contributed by atoms with van der Waals surface area (Å²) >= 11 is 6.35. The molecule has 0 saturated heterocycles. The summed E-state index contributed by atoms with van der Waals surface area (Å²) in [6.07, 6.45) is 4.40. The van der Waals surface area contributed by atoms with Crippen molar-refractivity contribution in [2.75, 3.05) is 13.4 Å². The molecule has 0 aromatic heterocycles. The predicted molar refractivity (Wildman–Crippen MR) is 99.4 cm³/mol. The van der Waals surface area contributed by atoms with Crippen molar-refractivity contribution >= 4 is 33.2 Å². The Morgan fingerprint density at radius 2 is 2.04 bits per heavy atom. The SMILES string of the molecule is COc1ccc(C2=C(OS(C)(=O)=O)C3(CCCCC3C)NC2=O)c(Cl)c1. The van der Waals surface area contributed by atoms with Crippen LogP contribution in [0.3, 0.4) is 0 Å². The Balaban J connectivity index is 2.22. The van der Waals surface area contributed by atoms with Crippen LogP contribution < -0.4 is 10.1 Å². The Kier molecular flexibility index (Phi) is 4.96. The molecule has 1 aromatic carbocycles. The van der Waals surface area contributed by atoms with Gasteiger partial charge in [-0.05, 0) is 37.0 Å². The molecular formula is C18H22ClNO5S. The van der Waals surface area contributed by atoms with Crippen molar-refractivity contribution in [3.05, 3.63) is 34.5 Å². The van der Waals surface area contributed by atoms with Crippen molar-refractivity contribution < 1.29 is 22.1 Å². The first-order valence-corrected chi connectivity index (χ1v) is 10.7. The van der Waals surface area contributed by atoms with Crippen LogP contribution in [0.5, 0.6) is 5.75 Å². The van der Waals surface area contributed by atoms with Crippen molar-refractivity contribution in [1.29, 1.82) is 0 Å². The molecule has 1 saturated carbocycles. The molecule has 1 heterocycles. The van der Waals surface area contributed by atoms with E-state index in [0.29, 0.717) is 22.8 Å². The first-order valence-electron chi connectivity index (χ1n) is 8.48. The number of halogens is 1. The minimum absolute atomic E-state index is 0.0477. The van der Waals surface area contributed by atoms with E-state index in [1.54, 1.807) is 18.2 Å². The largest absolute Gasteiger partial charge is 0.497 e. The van der Waals surface area contributed by atoms with Gasteiger partial charge >= 0.3 is 10.1 Å². The number of carbonyl (C=O) groups is 1. The molecule has 1 aliphatic heterocycles. The first-order chi connectivity index (χ1) is 12.2. The monoisotopic (exact) mass is 399 g/mol. The summed E-state index contributed by atoms with van der Waals surface area (Å²) in [7, 11) is -2.30. The molecule has 1 aromatic rings. The fourth-order valence-electron chi connectivity index (χ4n) is 3.86. The lowest BCUT2D eigenvalue weighted by molar-refractivity contribution is -0.116. The third-order valence-electron chi connectivity index (χ3n) is 5.18. The van der Waals surface area contributed by atoms with Gasteiger partial charge in [-0.2, -0.15) is 8.42 Å².